The minimum Gasteiger partial charge on any atom is -0.360 e. The van der Waals surface area contributed by atoms with Gasteiger partial charge in [-0.2, -0.15) is 5.10 Å². The molecule has 5 heteroatoms. The summed E-state index contributed by atoms with van der Waals surface area (Å²) in [6.07, 6.45) is 3.72. The summed E-state index contributed by atoms with van der Waals surface area (Å²) >= 11 is 0. The van der Waals surface area contributed by atoms with E-state index in [1.165, 1.54) is 5.56 Å². The zero-order chi connectivity index (χ0) is 13.9. The van der Waals surface area contributed by atoms with Gasteiger partial charge in [0.15, 0.2) is 5.65 Å². The lowest BCUT2D eigenvalue weighted by Crippen LogP contribution is -2.06. The highest BCUT2D eigenvalue weighted by atomic mass is 16.5. The quantitative estimate of drug-likeness (QED) is 0.736. The van der Waals surface area contributed by atoms with Crippen molar-refractivity contribution in [3.63, 3.8) is 0 Å². The lowest BCUT2D eigenvalue weighted by molar-refractivity contribution is 0.125. The number of fused-ring (bicyclic) bond motifs is 1. The molecule has 2 aromatic heterocycles. The second-order valence-electron chi connectivity index (χ2n) is 4.63. The average Bonchev–Trinajstić information content (AvgIpc) is 2.88. The second-order valence-corrected chi connectivity index (χ2v) is 4.63. The van der Waals surface area contributed by atoms with E-state index in [4.69, 9.17) is 10.5 Å². The van der Waals surface area contributed by atoms with Gasteiger partial charge in [0.2, 0.25) is 0 Å². The van der Waals surface area contributed by atoms with E-state index >= 15 is 0 Å². The van der Waals surface area contributed by atoms with Crippen LogP contribution in [0.4, 0.5) is 0 Å². The van der Waals surface area contributed by atoms with Crippen LogP contribution in [0.15, 0.2) is 42.7 Å². The van der Waals surface area contributed by atoms with Gasteiger partial charge in [-0.15, -0.1) is 0 Å². The third-order valence-corrected chi connectivity index (χ3v) is 3.12. The van der Waals surface area contributed by atoms with Crippen LogP contribution in [0.1, 0.15) is 11.3 Å². The normalized spacial score (nSPS) is 11.1. The van der Waals surface area contributed by atoms with E-state index in [1.807, 2.05) is 24.5 Å². The molecule has 0 fully saturated rings. The Morgan fingerprint density at radius 2 is 2.20 bits per heavy atom. The Kier molecular flexibility index (Phi) is 3.45. The molecule has 3 aromatic rings. The molecule has 0 saturated heterocycles. The Bertz CT molecular complexity index is 736. The Balaban J connectivity index is 2.07. The maximum Gasteiger partial charge on any atom is 0.163 e. The predicted octanol–water partition coefficient (Wildman–Crippen LogP) is 2.14. The third-order valence-electron chi connectivity index (χ3n) is 3.12. The summed E-state index contributed by atoms with van der Waals surface area (Å²) in [5.41, 5.74) is 10.4. The summed E-state index contributed by atoms with van der Waals surface area (Å²) < 4.78 is 6.96. The summed E-state index contributed by atoms with van der Waals surface area (Å²) in [4.78, 5) is 4.60. The first-order valence-electron chi connectivity index (χ1n) is 6.46. The van der Waals surface area contributed by atoms with Crippen LogP contribution in [-0.4, -0.2) is 21.3 Å². The Morgan fingerprint density at radius 3 is 3.00 bits per heavy atom. The Hall–Kier alpha value is -2.24. The van der Waals surface area contributed by atoms with Crippen molar-refractivity contribution >= 4 is 5.65 Å². The van der Waals surface area contributed by atoms with Crippen molar-refractivity contribution < 1.29 is 4.74 Å². The van der Waals surface area contributed by atoms with Gasteiger partial charge in [-0.3, -0.25) is 0 Å². The maximum absolute atomic E-state index is 5.34. The SMILES string of the molecule is Cc1cccc(-c2cnn3ccc(COCN)nc23)c1. The lowest BCUT2D eigenvalue weighted by atomic mass is 10.1. The van der Waals surface area contributed by atoms with E-state index in [0.717, 1.165) is 22.5 Å². The molecular weight excluding hydrogens is 252 g/mol. The number of nitrogens with zero attached hydrogens (tertiary/aromatic N) is 3. The maximum atomic E-state index is 5.34. The van der Waals surface area contributed by atoms with Gasteiger partial charge in [-0.1, -0.05) is 29.8 Å². The first-order valence-corrected chi connectivity index (χ1v) is 6.46. The molecule has 102 valence electrons. The fourth-order valence-electron chi connectivity index (χ4n) is 2.17. The van der Waals surface area contributed by atoms with Crippen molar-refractivity contribution in [1.29, 1.82) is 0 Å². The number of aryl methyl sites for hydroxylation is 1. The molecule has 0 bridgehead atoms. The van der Waals surface area contributed by atoms with E-state index < -0.39 is 0 Å². The smallest absolute Gasteiger partial charge is 0.163 e. The van der Waals surface area contributed by atoms with Crippen molar-refractivity contribution in [3.05, 3.63) is 54.0 Å². The van der Waals surface area contributed by atoms with Gasteiger partial charge in [-0.05, 0) is 18.6 Å². The summed E-state index contributed by atoms with van der Waals surface area (Å²) in [5, 5.41) is 4.33. The third kappa shape index (κ3) is 2.41. The summed E-state index contributed by atoms with van der Waals surface area (Å²) in [5.74, 6) is 0. The van der Waals surface area contributed by atoms with Gasteiger partial charge in [0.25, 0.3) is 0 Å². The van der Waals surface area contributed by atoms with E-state index in [2.05, 4.69) is 35.2 Å². The molecule has 2 heterocycles. The molecule has 20 heavy (non-hydrogen) atoms. The molecule has 0 spiro atoms. The molecule has 0 saturated carbocycles. The number of aromatic nitrogens is 3. The van der Waals surface area contributed by atoms with Crippen LogP contribution in [0, 0.1) is 6.92 Å². The molecule has 0 atom stereocenters. The van der Waals surface area contributed by atoms with E-state index in [9.17, 15) is 0 Å². The minimum atomic E-state index is 0.191. The van der Waals surface area contributed by atoms with Crippen molar-refractivity contribution in [3.8, 4) is 11.1 Å². The Labute approximate surface area is 117 Å². The van der Waals surface area contributed by atoms with Gasteiger partial charge >= 0.3 is 0 Å². The van der Waals surface area contributed by atoms with Crippen LogP contribution in [0.5, 0.6) is 0 Å². The van der Waals surface area contributed by atoms with Crippen molar-refractivity contribution in [1.82, 2.24) is 14.6 Å². The van der Waals surface area contributed by atoms with Crippen LogP contribution >= 0.6 is 0 Å². The van der Waals surface area contributed by atoms with E-state index in [0.29, 0.717) is 6.61 Å². The van der Waals surface area contributed by atoms with Crippen molar-refractivity contribution in [2.24, 2.45) is 5.73 Å². The molecule has 2 N–H and O–H groups in total. The number of benzene rings is 1. The van der Waals surface area contributed by atoms with Crippen LogP contribution in [-0.2, 0) is 11.3 Å². The molecule has 0 aliphatic carbocycles. The van der Waals surface area contributed by atoms with E-state index in [1.54, 1.807) is 4.52 Å². The first kappa shape index (κ1) is 12.8. The minimum absolute atomic E-state index is 0.191. The van der Waals surface area contributed by atoms with Gasteiger partial charge < -0.3 is 10.5 Å². The second kappa shape index (κ2) is 5.40. The van der Waals surface area contributed by atoms with E-state index in [-0.39, 0.29) is 6.73 Å². The number of hydrogen-bond donors (Lipinski definition) is 1. The highest BCUT2D eigenvalue weighted by molar-refractivity contribution is 5.77. The van der Waals surface area contributed by atoms with Gasteiger partial charge in [0.1, 0.15) is 0 Å². The standard InChI is InChI=1S/C15H16N4O/c1-11-3-2-4-12(7-11)14-8-17-19-6-5-13(9-20-10-16)18-15(14)19/h2-8H,9-10,16H2,1H3. The number of hydrogen-bond acceptors (Lipinski definition) is 4. The number of ether oxygens (including phenoxy) is 1. The zero-order valence-corrected chi connectivity index (χ0v) is 11.3. The largest absolute Gasteiger partial charge is 0.360 e. The van der Waals surface area contributed by atoms with Crippen LogP contribution < -0.4 is 5.73 Å². The molecule has 0 aliphatic rings. The predicted molar refractivity (Wildman–Crippen MR) is 77.0 cm³/mol. The molecule has 3 rings (SSSR count). The topological polar surface area (TPSA) is 65.4 Å². The van der Waals surface area contributed by atoms with Crippen LogP contribution in [0.3, 0.4) is 0 Å². The highest BCUT2D eigenvalue weighted by Crippen LogP contribution is 2.24. The first-order chi connectivity index (χ1) is 9.78. The molecule has 0 radical (unpaired) electrons. The van der Waals surface area contributed by atoms with Crippen LogP contribution in [0.2, 0.25) is 0 Å². The average molecular weight is 268 g/mol. The molecule has 0 amide bonds. The summed E-state index contributed by atoms with van der Waals surface area (Å²) in [7, 11) is 0. The fraction of sp³-hybridized carbons (Fsp3) is 0.200. The monoisotopic (exact) mass is 268 g/mol. The molecular formula is C15H16N4O. The van der Waals surface area contributed by atoms with Crippen molar-refractivity contribution in [2.75, 3.05) is 6.73 Å². The fourth-order valence-corrected chi connectivity index (χ4v) is 2.17. The molecule has 1 aromatic carbocycles. The van der Waals surface area contributed by atoms with Crippen molar-refractivity contribution in [2.45, 2.75) is 13.5 Å². The Morgan fingerprint density at radius 1 is 1.30 bits per heavy atom. The number of rotatable bonds is 4. The summed E-state index contributed by atoms with van der Waals surface area (Å²) in [6, 6.07) is 10.2. The highest BCUT2D eigenvalue weighted by Gasteiger charge is 2.09. The molecule has 0 unspecified atom stereocenters. The van der Waals surface area contributed by atoms with Gasteiger partial charge in [0, 0.05) is 11.8 Å². The summed E-state index contributed by atoms with van der Waals surface area (Å²) in [6.45, 7) is 2.67. The number of nitrogens with two attached hydrogens (primary N) is 1. The molecule has 0 aliphatic heterocycles. The van der Waals surface area contributed by atoms with Crippen LogP contribution in [0.25, 0.3) is 16.8 Å². The molecule has 5 nitrogen and oxygen atoms in total. The van der Waals surface area contributed by atoms with Gasteiger partial charge in [0.05, 0.1) is 25.2 Å². The van der Waals surface area contributed by atoms with Gasteiger partial charge in [-0.25, -0.2) is 9.50 Å². The lowest BCUT2D eigenvalue weighted by Gasteiger charge is -2.03. The zero-order valence-electron chi connectivity index (χ0n) is 11.3.